The molecular weight excluding hydrogens is 603 g/mol. The Kier molecular flexibility index (Phi) is 5.83. The third-order valence-electron chi connectivity index (χ3n) is 10.7. The number of fused-ring (bicyclic) bond motifs is 10. The minimum atomic E-state index is -0.146. The van der Waals surface area contributed by atoms with Gasteiger partial charge in [0.1, 0.15) is 22.3 Å². The zero-order valence-electron chi connectivity index (χ0n) is 27.4. The van der Waals surface area contributed by atoms with E-state index in [2.05, 4.69) is 87.5 Å². The molecule has 49 heavy (non-hydrogen) atoms. The first-order chi connectivity index (χ1) is 24.0. The van der Waals surface area contributed by atoms with E-state index in [-0.39, 0.29) is 5.41 Å². The lowest BCUT2D eigenvalue weighted by Gasteiger charge is -2.32. The van der Waals surface area contributed by atoms with Gasteiger partial charge >= 0.3 is 0 Å². The Morgan fingerprint density at radius 2 is 1.14 bits per heavy atom. The molecule has 234 valence electrons. The van der Waals surface area contributed by atoms with Crippen molar-refractivity contribution in [1.29, 1.82) is 0 Å². The van der Waals surface area contributed by atoms with Crippen LogP contribution in [0.1, 0.15) is 31.9 Å². The lowest BCUT2D eigenvalue weighted by atomic mass is 9.70. The Labute approximate surface area is 282 Å². The summed E-state index contributed by atoms with van der Waals surface area (Å²) in [6.45, 7) is 7.03. The van der Waals surface area contributed by atoms with Crippen molar-refractivity contribution < 1.29 is 8.83 Å². The zero-order valence-corrected chi connectivity index (χ0v) is 27.4. The summed E-state index contributed by atoms with van der Waals surface area (Å²) in [6.07, 6.45) is 0. The first-order valence-corrected chi connectivity index (χ1v) is 16.8. The normalized spacial score (nSPS) is 15.5. The van der Waals surface area contributed by atoms with Crippen LogP contribution in [0.15, 0.2) is 136 Å². The van der Waals surface area contributed by atoms with Gasteiger partial charge in [0.2, 0.25) is 0 Å². The van der Waals surface area contributed by atoms with Crippen LogP contribution in [0.25, 0.3) is 89.2 Å². The highest BCUT2D eigenvalue weighted by Gasteiger charge is 2.43. The van der Waals surface area contributed by atoms with Crippen molar-refractivity contribution in [3.8, 4) is 45.3 Å². The molecule has 1 atom stereocenters. The third kappa shape index (κ3) is 3.96. The lowest BCUT2D eigenvalue weighted by Crippen LogP contribution is -2.27. The molecule has 0 aliphatic heterocycles. The predicted octanol–water partition coefficient (Wildman–Crippen LogP) is 11.6. The van der Waals surface area contributed by atoms with Crippen LogP contribution in [0.5, 0.6) is 0 Å². The van der Waals surface area contributed by atoms with Gasteiger partial charge in [0.05, 0.1) is 0 Å². The molecule has 0 saturated carbocycles. The van der Waals surface area contributed by atoms with Gasteiger partial charge in [0.25, 0.3) is 0 Å². The molecule has 0 N–H and O–H groups in total. The molecule has 0 amide bonds. The van der Waals surface area contributed by atoms with E-state index in [1.54, 1.807) is 0 Å². The van der Waals surface area contributed by atoms with Crippen LogP contribution in [-0.4, -0.2) is 15.0 Å². The summed E-state index contributed by atoms with van der Waals surface area (Å²) in [5.41, 5.74) is 11.2. The average molecular weight is 634 g/mol. The molecule has 1 unspecified atom stereocenters. The third-order valence-corrected chi connectivity index (χ3v) is 10.7. The van der Waals surface area contributed by atoms with Crippen molar-refractivity contribution in [3.05, 3.63) is 139 Å². The number of rotatable bonds is 4. The maximum atomic E-state index is 6.65. The number of benzene rings is 6. The Hall–Kier alpha value is -6.07. The fourth-order valence-electron chi connectivity index (χ4n) is 7.98. The first-order valence-electron chi connectivity index (χ1n) is 16.8. The number of para-hydroxylation sites is 1. The van der Waals surface area contributed by atoms with Crippen LogP contribution < -0.4 is 0 Å². The minimum absolute atomic E-state index is 0.146. The standard InChI is InChI=1S/C44H31N3O2/c1-25(2)44(3)33-17-9-7-14-28(33)29-22-23-36-39(40(29)44)31-21-20-27(24-37(31)49-36)42-45-41(26-12-5-4-6-13-26)46-43(47-42)32-16-11-19-35-38(32)30-15-8-10-18-34(30)48-35/h4-25H,1-3H3. The van der Waals surface area contributed by atoms with Crippen molar-refractivity contribution in [2.24, 2.45) is 5.92 Å². The summed E-state index contributed by atoms with van der Waals surface area (Å²) in [4.78, 5) is 15.2. The van der Waals surface area contributed by atoms with Gasteiger partial charge in [-0.05, 0) is 58.5 Å². The molecule has 3 heterocycles. The average Bonchev–Trinajstić information content (AvgIpc) is 3.80. The van der Waals surface area contributed by atoms with E-state index in [9.17, 15) is 0 Å². The van der Waals surface area contributed by atoms with Crippen molar-refractivity contribution in [3.63, 3.8) is 0 Å². The summed E-state index contributed by atoms with van der Waals surface area (Å²) in [5, 5.41) is 4.31. The van der Waals surface area contributed by atoms with E-state index in [1.807, 2.05) is 60.7 Å². The number of nitrogens with zero attached hydrogens (tertiary/aromatic N) is 3. The van der Waals surface area contributed by atoms with Gasteiger partial charge < -0.3 is 8.83 Å². The molecule has 0 radical (unpaired) electrons. The highest BCUT2D eigenvalue weighted by molar-refractivity contribution is 6.13. The van der Waals surface area contributed by atoms with E-state index >= 15 is 0 Å². The van der Waals surface area contributed by atoms with Crippen molar-refractivity contribution in [2.45, 2.75) is 26.2 Å². The molecule has 6 aromatic carbocycles. The Morgan fingerprint density at radius 3 is 2.00 bits per heavy atom. The van der Waals surface area contributed by atoms with E-state index in [1.165, 1.54) is 27.6 Å². The highest BCUT2D eigenvalue weighted by atomic mass is 16.3. The fraction of sp³-hybridized carbons (Fsp3) is 0.114. The monoisotopic (exact) mass is 633 g/mol. The summed E-state index contributed by atoms with van der Waals surface area (Å²) in [5.74, 6) is 2.18. The molecule has 0 fully saturated rings. The molecule has 9 aromatic rings. The van der Waals surface area contributed by atoms with Gasteiger partial charge in [-0.15, -0.1) is 0 Å². The van der Waals surface area contributed by atoms with Gasteiger partial charge in [0, 0.05) is 43.7 Å². The van der Waals surface area contributed by atoms with Crippen LogP contribution in [-0.2, 0) is 5.41 Å². The maximum absolute atomic E-state index is 6.65. The highest BCUT2D eigenvalue weighted by Crippen LogP contribution is 2.56. The Bertz CT molecular complexity index is 2770. The van der Waals surface area contributed by atoms with Gasteiger partial charge in [-0.25, -0.2) is 15.0 Å². The summed E-state index contributed by atoms with van der Waals surface area (Å²) in [7, 11) is 0. The fourth-order valence-corrected chi connectivity index (χ4v) is 7.98. The smallest absolute Gasteiger partial charge is 0.164 e. The molecule has 5 heteroatoms. The maximum Gasteiger partial charge on any atom is 0.164 e. The van der Waals surface area contributed by atoms with Gasteiger partial charge in [-0.1, -0.05) is 118 Å². The van der Waals surface area contributed by atoms with Gasteiger partial charge in [0.15, 0.2) is 17.5 Å². The zero-order chi connectivity index (χ0) is 32.9. The molecule has 0 spiro atoms. The molecule has 3 aromatic heterocycles. The van der Waals surface area contributed by atoms with Crippen LogP contribution in [0.3, 0.4) is 0 Å². The Balaban J connectivity index is 1.19. The second kappa shape index (κ2) is 10.2. The van der Waals surface area contributed by atoms with Crippen LogP contribution in [0, 0.1) is 5.92 Å². The quantitative estimate of drug-likeness (QED) is 0.193. The number of aromatic nitrogens is 3. The number of hydrogen-bond donors (Lipinski definition) is 0. The van der Waals surface area contributed by atoms with E-state index in [0.717, 1.165) is 55.2 Å². The first kappa shape index (κ1) is 28.0. The minimum Gasteiger partial charge on any atom is -0.456 e. The SMILES string of the molecule is CC(C)C1(C)c2ccccc2-c2ccc3oc4cc(-c5nc(-c6ccccc6)nc(-c6cccc7oc8ccccc8c67)n5)ccc4c3c21. The van der Waals surface area contributed by atoms with E-state index < -0.39 is 0 Å². The van der Waals surface area contributed by atoms with Crippen molar-refractivity contribution >= 4 is 43.9 Å². The Morgan fingerprint density at radius 1 is 0.490 bits per heavy atom. The van der Waals surface area contributed by atoms with E-state index in [0.29, 0.717) is 23.4 Å². The summed E-state index contributed by atoms with van der Waals surface area (Å²) >= 11 is 0. The summed E-state index contributed by atoms with van der Waals surface area (Å²) < 4.78 is 12.9. The van der Waals surface area contributed by atoms with Gasteiger partial charge in [-0.3, -0.25) is 0 Å². The van der Waals surface area contributed by atoms with Crippen LogP contribution in [0.4, 0.5) is 0 Å². The van der Waals surface area contributed by atoms with Crippen LogP contribution >= 0.6 is 0 Å². The molecule has 10 rings (SSSR count). The number of furan rings is 2. The largest absolute Gasteiger partial charge is 0.456 e. The summed E-state index contributed by atoms with van der Waals surface area (Å²) in [6, 6.07) is 43.8. The second-order valence-electron chi connectivity index (χ2n) is 13.5. The van der Waals surface area contributed by atoms with Gasteiger partial charge in [-0.2, -0.15) is 0 Å². The van der Waals surface area contributed by atoms with Crippen molar-refractivity contribution in [1.82, 2.24) is 15.0 Å². The topological polar surface area (TPSA) is 65.0 Å². The lowest BCUT2D eigenvalue weighted by molar-refractivity contribution is 0.417. The molecule has 0 saturated heterocycles. The molecule has 5 nitrogen and oxygen atoms in total. The molecular formula is C44H31N3O2. The molecule has 1 aliphatic carbocycles. The molecule has 0 bridgehead atoms. The van der Waals surface area contributed by atoms with Crippen molar-refractivity contribution in [2.75, 3.05) is 0 Å². The predicted molar refractivity (Wildman–Crippen MR) is 197 cm³/mol. The van der Waals surface area contributed by atoms with E-state index in [4.69, 9.17) is 23.8 Å². The second-order valence-corrected chi connectivity index (χ2v) is 13.5. The molecule has 1 aliphatic rings. The van der Waals surface area contributed by atoms with Crippen LogP contribution in [0.2, 0.25) is 0 Å². The number of hydrogen-bond acceptors (Lipinski definition) is 5.